The van der Waals surface area contributed by atoms with Gasteiger partial charge in [0.2, 0.25) is 0 Å². The van der Waals surface area contributed by atoms with E-state index >= 15 is 0 Å². The third-order valence-corrected chi connectivity index (χ3v) is 3.11. The summed E-state index contributed by atoms with van der Waals surface area (Å²) in [7, 11) is 0. The molecule has 1 aromatic rings. The highest BCUT2D eigenvalue weighted by atomic mass is 79.9. The van der Waals surface area contributed by atoms with Crippen LogP contribution in [0.5, 0.6) is 0 Å². The van der Waals surface area contributed by atoms with Crippen LogP contribution in [0.1, 0.15) is 0 Å². The van der Waals surface area contributed by atoms with Crippen LogP contribution in [0, 0.1) is 23.0 Å². The zero-order valence-electron chi connectivity index (χ0n) is 6.35. The van der Waals surface area contributed by atoms with Crippen molar-refractivity contribution in [3.63, 3.8) is 0 Å². The van der Waals surface area contributed by atoms with Crippen LogP contribution in [0.3, 0.4) is 0 Å². The Morgan fingerprint density at radius 1 is 1.38 bits per heavy atom. The van der Waals surface area contributed by atoms with Crippen LogP contribution in [-0.2, 0) is 0 Å². The molecule has 0 aromatic heterocycles. The Labute approximate surface area is 86.9 Å². The SMILES string of the molecule is N#CCSc1cc(F)c(F)cc1Br. The Morgan fingerprint density at radius 3 is 2.62 bits per heavy atom. The molecule has 0 N–H and O–H groups in total. The first kappa shape index (κ1) is 10.5. The minimum atomic E-state index is -0.899. The van der Waals surface area contributed by atoms with Crippen LogP contribution < -0.4 is 0 Å². The van der Waals surface area contributed by atoms with Gasteiger partial charge in [-0.05, 0) is 28.1 Å². The summed E-state index contributed by atoms with van der Waals surface area (Å²) >= 11 is 4.23. The summed E-state index contributed by atoms with van der Waals surface area (Å²) in [6.07, 6.45) is 0. The first-order chi connectivity index (χ1) is 6.15. The van der Waals surface area contributed by atoms with E-state index in [9.17, 15) is 8.78 Å². The molecule has 0 radical (unpaired) electrons. The monoisotopic (exact) mass is 263 g/mol. The molecule has 0 saturated heterocycles. The standard InChI is InChI=1S/C8H4BrF2NS/c9-5-3-6(10)7(11)4-8(5)13-2-1-12/h3-4H,2H2. The highest BCUT2D eigenvalue weighted by Crippen LogP contribution is 2.29. The van der Waals surface area contributed by atoms with E-state index in [2.05, 4.69) is 15.9 Å². The maximum absolute atomic E-state index is 12.7. The van der Waals surface area contributed by atoms with Crippen LogP contribution in [0.2, 0.25) is 0 Å². The van der Waals surface area contributed by atoms with Crippen molar-refractivity contribution in [3.05, 3.63) is 28.2 Å². The number of nitriles is 1. The van der Waals surface area contributed by atoms with E-state index in [4.69, 9.17) is 5.26 Å². The number of rotatable bonds is 2. The van der Waals surface area contributed by atoms with Crippen molar-refractivity contribution in [2.45, 2.75) is 4.90 Å². The van der Waals surface area contributed by atoms with E-state index in [1.165, 1.54) is 0 Å². The van der Waals surface area contributed by atoms with Gasteiger partial charge in [-0.2, -0.15) is 5.26 Å². The molecular formula is C8H4BrF2NS. The average Bonchev–Trinajstić information content (AvgIpc) is 2.09. The summed E-state index contributed by atoms with van der Waals surface area (Å²) < 4.78 is 25.8. The Hall–Kier alpha value is -0.600. The number of hydrogen-bond acceptors (Lipinski definition) is 2. The van der Waals surface area contributed by atoms with E-state index in [1.54, 1.807) is 0 Å². The number of nitrogens with zero attached hydrogens (tertiary/aromatic N) is 1. The molecule has 1 aromatic carbocycles. The van der Waals surface area contributed by atoms with E-state index in [1.807, 2.05) is 6.07 Å². The molecule has 0 atom stereocenters. The minimum absolute atomic E-state index is 0.212. The fourth-order valence-corrected chi connectivity index (χ4v) is 1.99. The molecule has 13 heavy (non-hydrogen) atoms. The average molecular weight is 264 g/mol. The van der Waals surface area contributed by atoms with Crippen molar-refractivity contribution in [1.29, 1.82) is 5.26 Å². The number of hydrogen-bond donors (Lipinski definition) is 0. The molecule has 5 heteroatoms. The molecule has 68 valence electrons. The minimum Gasteiger partial charge on any atom is -0.204 e. The Bertz CT molecular complexity index is 362. The van der Waals surface area contributed by atoms with Gasteiger partial charge >= 0.3 is 0 Å². The smallest absolute Gasteiger partial charge is 0.160 e. The first-order valence-electron chi connectivity index (χ1n) is 3.29. The molecule has 0 heterocycles. The number of halogens is 3. The van der Waals surface area contributed by atoms with E-state index < -0.39 is 11.6 Å². The predicted octanol–water partition coefficient (Wildman–Crippen LogP) is 3.34. The van der Waals surface area contributed by atoms with E-state index in [0.29, 0.717) is 9.37 Å². The molecule has 1 rings (SSSR count). The Morgan fingerprint density at radius 2 is 2.00 bits per heavy atom. The van der Waals surface area contributed by atoms with Crippen molar-refractivity contribution in [2.24, 2.45) is 0 Å². The zero-order valence-corrected chi connectivity index (χ0v) is 8.75. The molecule has 0 amide bonds. The lowest BCUT2D eigenvalue weighted by molar-refractivity contribution is 0.505. The second-order valence-corrected chi connectivity index (χ2v) is 4.02. The van der Waals surface area contributed by atoms with Gasteiger partial charge in [-0.1, -0.05) is 0 Å². The molecule has 0 aliphatic rings. The van der Waals surface area contributed by atoms with Crippen molar-refractivity contribution in [2.75, 3.05) is 5.75 Å². The zero-order chi connectivity index (χ0) is 9.84. The molecule has 0 fully saturated rings. The Balaban J connectivity index is 2.96. The summed E-state index contributed by atoms with van der Waals surface area (Å²) in [4.78, 5) is 0.528. The fraction of sp³-hybridized carbons (Fsp3) is 0.125. The maximum Gasteiger partial charge on any atom is 0.160 e. The normalized spacial score (nSPS) is 9.69. The van der Waals surface area contributed by atoms with Gasteiger partial charge in [0.15, 0.2) is 11.6 Å². The van der Waals surface area contributed by atoms with Gasteiger partial charge in [0.1, 0.15) is 0 Å². The van der Waals surface area contributed by atoms with Gasteiger partial charge in [0, 0.05) is 9.37 Å². The fourth-order valence-electron chi connectivity index (χ4n) is 0.725. The van der Waals surface area contributed by atoms with Crippen LogP contribution in [0.4, 0.5) is 8.78 Å². The predicted molar refractivity (Wildman–Crippen MR) is 50.4 cm³/mol. The van der Waals surface area contributed by atoms with Gasteiger partial charge in [0.05, 0.1) is 11.8 Å². The van der Waals surface area contributed by atoms with Crippen molar-refractivity contribution in [1.82, 2.24) is 0 Å². The Kier molecular flexibility index (Phi) is 3.70. The summed E-state index contributed by atoms with van der Waals surface area (Å²) in [5.74, 6) is -1.58. The highest BCUT2D eigenvalue weighted by Gasteiger charge is 2.07. The molecule has 1 nitrogen and oxygen atoms in total. The van der Waals surface area contributed by atoms with E-state index in [0.717, 1.165) is 23.9 Å². The van der Waals surface area contributed by atoms with Gasteiger partial charge < -0.3 is 0 Å². The van der Waals surface area contributed by atoms with Crippen LogP contribution in [0.25, 0.3) is 0 Å². The van der Waals surface area contributed by atoms with Crippen LogP contribution >= 0.6 is 27.7 Å². The molecule has 0 unspecified atom stereocenters. The van der Waals surface area contributed by atoms with Gasteiger partial charge in [-0.3, -0.25) is 0 Å². The molecule has 0 spiro atoms. The van der Waals surface area contributed by atoms with Crippen LogP contribution in [0.15, 0.2) is 21.5 Å². The number of benzene rings is 1. The summed E-state index contributed by atoms with van der Waals surface area (Å²) in [5.41, 5.74) is 0. The van der Waals surface area contributed by atoms with Gasteiger partial charge in [-0.15, -0.1) is 11.8 Å². The van der Waals surface area contributed by atoms with Crippen LogP contribution in [-0.4, -0.2) is 5.75 Å². The topological polar surface area (TPSA) is 23.8 Å². The number of thioether (sulfide) groups is 1. The van der Waals surface area contributed by atoms with Crippen molar-refractivity contribution in [3.8, 4) is 6.07 Å². The van der Waals surface area contributed by atoms with Crippen molar-refractivity contribution >= 4 is 27.7 Å². The lowest BCUT2D eigenvalue weighted by Gasteiger charge is -2.01. The van der Waals surface area contributed by atoms with Gasteiger partial charge in [-0.25, -0.2) is 8.78 Å². The molecular weight excluding hydrogens is 260 g/mol. The van der Waals surface area contributed by atoms with Gasteiger partial charge in [0.25, 0.3) is 0 Å². The largest absolute Gasteiger partial charge is 0.204 e. The quantitative estimate of drug-likeness (QED) is 0.604. The third kappa shape index (κ3) is 2.68. The molecule has 0 bridgehead atoms. The summed E-state index contributed by atoms with van der Waals surface area (Å²) in [6, 6.07) is 4.02. The molecule has 0 aliphatic carbocycles. The molecule has 0 saturated carbocycles. The highest BCUT2D eigenvalue weighted by molar-refractivity contribution is 9.10. The lowest BCUT2D eigenvalue weighted by atomic mass is 10.3. The molecule has 0 aliphatic heterocycles. The lowest BCUT2D eigenvalue weighted by Crippen LogP contribution is -1.86. The van der Waals surface area contributed by atoms with E-state index in [-0.39, 0.29) is 5.75 Å². The maximum atomic E-state index is 12.7. The van der Waals surface area contributed by atoms with Crippen molar-refractivity contribution < 1.29 is 8.78 Å². The summed E-state index contributed by atoms with van der Waals surface area (Å²) in [6.45, 7) is 0. The third-order valence-electron chi connectivity index (χ3n) is 1.27. The summed E-state index contributed by atoms with van der Waals surface area (Å²) in [5, 5.41) is 8.29. The second-order valence-electron chi connectivity index (χ2n) is 2.14. The second kappa shape index (κ2) is 4.58. The first-order valence-corrected chi connectivity index (χ1v) is 5.07.